The molecule has 0 amide bonds. The van der Waals surface area contributed by atoms with E-state index in [2.05, 4.69) is 14.5 Å². The molecule has 0 atom stereocenters. The molecule has 0 aliphatic carbocycles. The van der Waals surface area contributed by atoms with Crippen molar-refractivity contribution in [3.05, 3.63) is 24.8 Å². The van der Waals surface area contributed by atoms with Gasteiger partial charge >= 0.3 is 0 Å². The van der Waals surface area contributed by atoms with Gasteiger partial charge < -0.3 is 9.13 Å². The molecule has 0 saturated heterocycles. The van der Waals surface area contributed by atoms with Crippen molar-refractivity contribution in [3.63, 3.8) is 0 Å². The summed E-state index contributed by atoms with van der Waals surface area (Å²) < 4.78 is 4.14. The van der Waals surface area contributed by atoms with Gasteiger partial charge in [0.1, 0.15) is 0 Å². The molecule has 0 aliphatic heterocycles. The topological polar surface area (TPSA) is 52.7 Å². The van der Waals surface area contributed by atoms with E-state index in [0.717, 1.165) is 42.4 Å². The van der Waals surface area contributed by atoms with Gasteiger partial charge in [-0.25, -0.2) is 9.97 Å². The molecule has 2 heterocycles. The third kappa shape index (κ3) is 3.96. The Morgan fingerprint density at radius 3 is 2.60 bits per heavy atom. The van der Waals surface area contributed by atoms with Gasteiger partial charge in [-0.1, -0.05) is 24.6 Å². The minimum absolute atomic E-state index is 0.900. The van der Waals surface area contributed by atoms with E-state index in [1.165, 1.54) is 24.6 Å². The van der Waals surface area contributed by atoms with Crippen LogP contribution in [0.3, 0.4) is 0 Å². The van der Waals surface area contributed by atoms with E-state index in [1.807, 2.05) is 30.2 Å². The summed E-state index contributed by atoms with van der Waals surface area (Å²) in [6.07, 6.45) is 12.1. The minimum Gasteiger partial charge on any atom is -0.331 e. The number of rotatable bonds is 9. The summed E-state index contributed by atoms with van der Waals surface area (Å²) in [5.74, 6) is 2.76. The number of imidazole rings is 2. The Hall–Kier alpha value is -1.56. The van der Waals surface area contributed by atoms with Gasteiger partial charge in [-0.05, 0) is 12.8 Å². The molecule has 2 aromatic rings. The number of aromatic nitrogens is 4. The molecular weight excluding hydrogens is 272 g/mol. The molecule has 2 rings (SSSR count). The normalized spacial score (nSPS) is 10.8. The molecule has 0 unspecified atom stereocenters. The Labute approximate surface area is 123 Å². The zero-order chi connectivity index (χ0) is 14.2. The zero-order valence-electron chi connectivity index (χ0n) is 11.7. The maximum Gasteiger partial charge on any atom is 0.176 e. The largest absolute Gasteiger partial charge is 0.331 e. The number of aryl methyl sites for hydroxylation is 2. The minimum atomic E-state index is 0.900. The first-order chi connectivity index (χ1) is 9.83. The maximum absolute atomic E-state index is 10.2. The van der Waals surface area contributed by atoms with Crippen LogP contribution in [0.1, 0.15) is 25.7 Å². The second-order valence-electron chi connectivity index (χ2n) is 4.69. The molecule has 0 fully saturated rings. The van der Waals surface area contributed by atoms with Gasteiger partial charge in [0.15, 0.2) is 17.3 Å². The average Bonchev–Trinajstić information content (AvgIpc) is 3.06. The van der Waals surface area contributed by atoms with E-state index >= 15 is 0 Å². The van der Waals surface area contributed by atoms with Gasteiger partial charge in [-0.15, -0.1) is 0 Å². The van der Waals surface area contributed by atoms with E-state index in [9.17, 15) is 4.79 Å². The van der Waals surface area contributed by atoms with Crippen LogP contribution < -0.4 is 0 Å². The summed E-state index contributed by atoms with van der Waals surface area (Å²) in [7, 11) is 1.98. The molecular formula is C14H20N4OS. The fraction of sp³-hybridized carbons (Fsp3) is 0.500. The molecule has 0 saturated carbocycles. The lowest BCUT2D eigenvalue weighted by Gasteiger charge is -2.07. The summed E-state index contributed by atoms with van der Waals surface area (Å²) in [6, 6.07) is 0. The molecule has 5 nitrogen and oxygen atoms in total. The van der Waals surface area contributed by atoms with E-state index < -0.39 is 0 Å². The van der Waals surface area contributed by atoms with E-state index in [-0.39, 0.29) is 0 Å². The first kappa shape index (κ1) is 14.8. The lowest BCUT2D eigenvalue weighted by Crippen LogP contribution is -2.03. The van der Waals surface area contributed by atoms with Gasteiger partial charge in [-0.3, -0.25) is 4.79 Å². The van der Waals surface area contributed by atoms with Crippen LogP contribution in [0, 0.1) is 0 Å². The van der Waals surface area contributed by atoms with Gasteiger partial charge in [0.2, 0.25) is 0 Å². The first-order valence-corrected chi connectivity index (χ1v) is 7.92. The van der Waals surface area contributed by atoms with Crippen LogP contribution in [0.4, 0.5) is 0 Å². The third-order valence-electron chi connectivity index (χ3n) is 3.22. The van der Waals surface area contributed by atoms with Crippen LogP contribution >= 0.6 is 11.8 Å². The van der Waals surface area contributed by atoms with Crippen LogP contribution in [-0.4, -0.2) is 30.5 Å². The molecule has 108 valence electrons. The molecule has 0 aromatic carbocycles. The van der Waals surface area contributed by atoms with Crippen molar-refractivity contribution in [2.24, 2.45) is 7.05 Å². The second kappa shape index (κ2) is 7.89. The van der Waals surface area contributed by atoms with Crippen molar-refractivity contribution in [3.8, 4) is 11.6 Å². The van der Waals surface area contributed by atoms with Gasteiger partial charge in [0, 0.05) is 44.1 Å². The van der Waals surface area contributed by atoms with Crippen LogP contribution in [0.2, 0.25) is 0 Å². The van der Waals surface area contributed by atoms with E-state index in [0.29, 0.717) is 0 Å². The van der Waals surface area contributed by atoms with Crippen LogP contribution in [0.25, 0.3) is 11.6 Å². The Morgan fingerprint density at radius 1 is 1.10 bits per heavy atom. The number of carbonyl (C=O) groups is 1. The van der Waals surface area contributed by atoms with Crippen molar-refractivity contribution < 1.29 is 4.79 Å². The predicted molar refractivity (Wildman–Crippen MR) is 82.1 cm³/mol. The van der Waals surface area contributed by atoms with Crippen molar-refractivity contribution in [2.45, 2.75) is 32.2 Å². The zero-order valence-corrected chi connectivity index (χ0v) is 12.6. The maximum atomic E-state index is 10.2. The number of carbonyl (C=O) groups excluding carboxylic acids is 1. The quantitative estimate of drug-likeness (QED) is 0.527. The molecule has 2 aromatic heterocycles. The van der Waals surface area contributed by atoms with Crippen LogP contribution in [-0.2, 0) is 18.4 Å². The van der Waals surface area contributed by atoms with Crippen molar-refractivity contribution in [1.29, 1.82) is 0 Å². The highest BCUT2D eigenvalue weighted by Gasteiger charge is 2.09. The fourth-order valence-electron chi connectivity index (χ4n) is 2.15. The van der Waals surface area contributed by atoms with E-state index in [4.69, 9.17) is 0 Å². The molecule has 0 radical (unpaired) electrons. The van der Waals surface area contributed by atoms with Crippen molar-refractivity contribution in [2.75, 3.05) is 5.75 Å². The lowest BCUT2D eigenvalue weighted by atomic mass is 10.2. The van der Waals surface area contributed by atoms with E-state index in [1.54, 1.807) is 6.20 Å². The molecule has 6 heteroatoms. The summed E-state index contributed by atoms with van der Waals surface area (Å²) in [4.78, 5) is 18.9. The number of thioether (sulfide) groups is 1. The predicted octanol–water partition coefficient (Wildman–Crippen LogP) is 2.77. The molecule has 0 aliphatic rings. The highest BCUT2D eigenvalue weighted by atomic mass is 32.2. The Balaban J connectivity index is 1.78. The molecule has 0 spiro atoms. The first-order valence-electron chi connectivity index (χ1n) is 6.87. The second-order valence-corrected chi connectivity index (χ2v) is 5.62. The van der Waals surface area contributed by atoms with Gasteiger partial charge in [0.05, 0.1) is 0 Å². The number of unbranched alkanes of at least 4 members (excludes halogenated alkanes) is 3. The Kier molecular flexibility index (Phi) is 5.86. The number of nitrogens with zero attached hydrogens (tertiary/aromatic N) is 4. The third-order valence-corrected chi connectivity index (χ3v) is 3.88. The van der Waals surface area contributed by atoms with Crippen molar-refractivity contribution in [1.82, 2.24) is 19.1 Å². The number of hydrogen-bond acceptors (Lipinski definition) is 4. The summed E-state index contributed by atoms with van der Waals surface area (Å²) >= 11 is 1.36. The monoisotopic (exact) mass is 292 g/mol. The summed E-state index contributed by atoms with van der Waals surface area (Å²) in [5.41, 5.74) is 0.921. The van der Waals surface area contributed by atoms with Gasteiger partial charge in [-0.2, -0.15) is 0 Å². The standard InChI is InChI=1S/C14H20N4OS/c1-17-9-6-15-13(17)14-16-7-10-18(14)8-4-2-3-5-11-20-12-19/h6-7,9-10,12H,2-5,8,11H2,1H3. The lowest BCUT2D eigenvalue weighted by molar-refractivity contribution is 0.569. The van der Waals surface area contributed by atoms with Crippen LogP contribution in [0.5, 0.6) is 0 Å². The molecule has 20 heavy (non-hydrogen) atoms. The fourth-order valence-corrected chi connectivity index (χ4v) is 2.61. The highest BCUT2D eigenvalue weighted by Crippen LogP contribution is 2.15. The Bertz CT molecular complexity index is 535. The molecule has 0 N–H and O–H groups in total. The smallest absolute Gasteiger partial charge is 0.176 e. The highest BCUT2D eigenvalue weighted by molar-refractivity contribution is 8.11. The number of hydrogen-bond donors (Lipinski definition) is 0. The average molecular weight is 292 g/mol. The van der Waals surface area contributed by atoms with Crippen LogP contribution in [0.15, 0.2) is 24.8 Å². The van der Waals surface area contributed by atoms with Gasteiger partial charge in [0.25, 0.3) is 0 Å². The summed E-state index contributed by atoms with van der Waals surface area (Å²) in [5, 5.41) is 0. The summed E-state index contributed by atoms with van der Waals surface area (Å²) in [6.45, 7) is 0.961. The van der Waals surface area contributed by atoms with Crippen molar-refractivity contribution >= 4 is 17.4 Å². The SMILES string of the molecule is Cn1ccnc1-c1nccn1CCCCCCSC=O. The Morgan fingerprint density at radius 2 is 1.85 bits per heavy atom. The molecule has 0 bridgehead atoms.